The number of hydrogen-bond acceptors (Lipinski definition) is 5. The van der Waals surface area contributed by atoms with Gasteiger partial charge in [0.05, 0.1) is 10.0 Å². The van der Waals surface area contributed by atoms with Crippen LogP contribution in [0.4, 0.5) is 13.2 Å². The molecule has 0 fully saturated rings. The number of alkyl halides is 3. The third kappa shape index (κ3) is 10.3. The Labute approximate surface area is 219 Å². The molecule has 0 saturated carbocycles. The van der Waals surface area contributed by atoms with Crippen LogP contribution in [0.1, 0.15) is 33.9 Å². The van der Waals surface area contributed by atoms with Crippen LogP contribution in [0, 0.1) is 13.8 Å². The maximum atomic E-state index is 12.0. The minimum atomic E-state index is -4.22. The van der Waals surface area contributed by atoms with Crippen molar-refractivity contribution in [3.63, 3.8) is 0 Å². The average Bonchev–Trinajstić information content (AvgIpc) is 2.81. The second-order valence-corrected chi connectivity index (χ2v) is 8.73. The van der Waals surface area contributed by atoms with Crippen LogP contribution < -0.4 is 0 Å². The van der Waals surface area contributed by atoms with E-state index in [0.29, 0.717) is 11.1 Å². The molecule has 1 N–H and O–H groups in total. The lowest BCUT2D eigenvalue weighted by Crippen LogP contribution is -2.04. The first-order valence-electron chi connectivity index (χ1n) is 9.94. The summed E-state index contributed by atoms with van der Waals surface area (Å²) in [6, 6.07) is 12.9. The molecular weight excluding hydrogens is 568 g/mol. The van der Waals surface area contributed by atoms with E-state index in [9.17, 15) is 18.3 Å². The zero-order valence-corrected chi connectivity index (χ0v) is 21.6. The number of hydrogen-bond donors (Lipinski definition) is 1. The second kappa shape index (κ2) is 13.5. The molecule has 0 radical (unpaired) electrons. The van der Waals surface area contributed by atoms with E-state index in [-0.39, 0.29) is 10.6 Å². The van der Waals surface area contributed by atoms with Gasteiger partial charge in [0.1, 0.15) is 6.10 Å². The number of aryl methyl sites for hydroxylation is 2. The lowest BCUT2D eigenvalue weighted by Gasteiger charge is -2.11. The van der Waals surface area contributed by atoms with Crippen LogP contribution in [0.25, 0.3) is 0 Å². The highest BCUT2D eigenvalue weighted by Crippen LogP contribution is 2.29. The highest BCUT2D eigenvalue weighted by molar-refractivity contribution is 9.10. The van der Waals surface area contributed by atoms with E-state index < -0.39 is 17.8 Å². The molecule has 184 valence electrons. The lowest BCUT2D eigenvalue weighted by atomic mass is 10.0. The maximum absolute atomic E-state index is 12.0. The van der Waals surface area contributed by atoms with E-state index in [0.717, 1.165) is 27.7 Å². The number of aliphatic hydroxyl groups excluding tert-OH is 1. The molecule has 2 heterocycles. The minimum absolute atomic E-state index is 0.181. The summed E-state index contributed by atoms with van der Waals surface area (Å²) in [7, 11) is 0. The number of nitrogens with zero attached hydrogens (tertiary/aromatic N) is 4. The minimum Gasteiger partial charge on any atom is -0.384 e. The van der Waals surface area contributed by atoms with Gasteiger partial charge in [-0.2, -0.15) is 13.2 Å². The second-order valence-electron chi connectivity index (χ2n) is 7.14. The van der Waals surface area contributed by atoms with Crippen LogP contribution in [0.3, 0.4) is 0 Å². The van der Waals surface area contributed by atoms with E-state index >= 15 is 0 Å². The molecule has 4 rings (SSSR count). The van der Waals surface area contributed by atoms with Gasteiger partial charge in [-0.1, -0.05) is 53.6 Å². The van der Waals surface area contributed by atoms with Crippen molar-refractivity contribution in [3.05, 3.63) is 116 Å². The Bertz CT molecular complexity index is 1190. The molecule has 2 aromatic heterocycles. The molecule has 5 nitrogen and oxygen atoms in total. The van der Waals surface area contributed by atoms with Gasteiger partial charge in [-0.15, -0.1) is 0 Å². The highest BCUT2D eigenvalue weighted by atomic mass is 79.9. The normalized spacial score (nSPS) is 11.5. The summed E-state index contributed by atoms with van der Waals surface area (Å²) in [6.07, 6.45) is 1.32. The molecule has 0 aliphatic carbocycles. The molecule has 0 saturated heterocycles. The zero-order valence-electron chi connectivity index (χ0n) is 18.5. The zero-order chi connectivity index (χ0) is 26.0. The van der Waals surface area contributed by atoms with Crippen molar-refractivity contribution in [2.24, 2.45) is 0 Å². The number of aromatic nitrogens is 4. The third-order valence-electron chi connectivity index (χ3n) is 4.25. The van der Waals surface area contributed by atoms with Crippen molar-refractivity contribution in [1.29, 1.82) is 0 Å². The van der Waals surface area contributed by atoms with Crippen LogP contribution >= 0.6 is 39.1 Å². The van der Waals surface area contributed by atoms with Gasteiger partial charge in [-0.25, -0.2) is 19.9 Å². The van der Waals surface area contributed by atoms with Crippen LogP contribution in [-0.4, -0.2) is 25.0 Å². The van der Waals surface area contributed by atoms with Crippen molar-refractivity contribution in [1.82, 2.24) is 19.9 Å². The molecule has 0 spiro atoms. The van der Waals surface area contributed by atoms with Gasteiger partial charge in [0.2, 0.25) is 10.6 Å². The topological polar surface area (TPSA) is 71.8 Å². The summed E-state index contributed by atoms with van der Waals surface area (Å²) in [5, 5.41) is 10.5. The van der Waals surface area contributed by atoms with Gasteiger partial charge < -0.3 is 5.11 Å². The highest BCUT2D eigenvalue weighted by Gasteiger charge is 2.29. The number of benzene rings is 2. The molecule has 4 aromatic rings. The van der Waals surface area contributed by atoms with Crippen molar-refractivity contribution in [3.8, 4) is 0 Å². The van der Waals surface area contributed by atoms with Gasteiger partial charge in [-0.05, 0) is 64.6 Å². The fourth-order valence-electron chi connectivity index (χ4n) is 2.61. The summed E-state index contributed by atoms with van der Waals surface area (Å²) in [6.45, 7) is 3.61. The predicted molar refractivity (Wildman–Crippen MR) is 133 cm³/mol. The summed E-state index contributed by atoms with van der Waals surface area (Å²) in [5.74, 6) is 0. The molecule has 35 heavy (non-hydrogen) atoms. The Morgan fingerprint density at radius 2 is 1.26 bits per heavy atom. The number of halogens is 6. The molecule has 0 aliphatic rings. The van der Waals surface area contributed by atoms with E-state index in [1.54, 1.807) is 25.4 Å². The van der Waals surface area contributed by atoms with Gasteiger partial charge >= 0.3 is 6.18 Å². The number of rotatable bonds is 2. The predicted octanol–water partition coefficient (Wildman–Crippen LogP) is 7.43. The van der Waals surface area contributed by atoms with Gasteiger partial charge in [-0.3, -0.25) is 0 Å². The molecular formula is C24H20BrCl2F3N4O. The van der Waals surface area contributed by atoms with Gasteiger partial charge in [0.25, 0.3) is 0 Å². The molecule has 1 atom stereocenters. The smallest absolute Gasteiger partial charge is 0.384 e. The van der Waals surface area contributed by atoms with Crippen molar-refractivity contribution in [2.75, 3.05) is 0 Å². The summed E-state index contributed by atoms with van der Waals surface area (Å²) in [5.41, 5.74) is 2.60. The van der Waals surface area contributed by atoms with Crippen molar-refractivity contribution >= 4 is 39.1 Å². The summed E-state index contributed by atoms with van der Waals surface area (Å²) >= 11 is 14.1. The first kappa shape index (κ1) is 28.6. The van der Waals surface area contributed by atoms with Crippen LogP contribution in [0.15, 0.2) is 77.8 Å². The van der Waals surface area contributed by atoms with Crippen molar-refractivity contribution < 1.29 is 18.3 Å². The summed E-state index contributed by atoms with van der Waals surface area (Å²) in [4.78, 5) is 15.1. The number of aliphatic hydroxyl groups is 1. The lowest BCUT2D eigenvalue weighted by molar-refractivity contribution is -0.137. The third-order valence-corrected chi connectivity index (χ3v) is 5.05. The quantitative estimate of drug-likeness (QED) is 0.247. The Balaban J connectivity index is 0.000000198. The fourth-order valence-corrected chi connectivity index (χ4v) is 3.01. The molecule has 0 aliphatic heterocycles. The molecule has 11 heteroatoms. The maximum Gasteiger partial charge on any atom is 0.416 e. The SMILES string of the molecule is Cc1cccc(C(F)(F)F)c1.Cc1cccc(C(O)c2cnc(Cl)nc2)c1.Clc1ncc(Br)cn1. The van der Waals surface area contributed by atoms with Crippen LogP contribution in [0.2, 0.25) is 10.6 Å². The fraction of sp³-hybridized carbons (Fsp3) is 0.167. The Morgan fingerprint density at radius 3 is 1.69 bits per heavy atom. The van der Waals surface area contributed by atoms with Gasteiger partial charge in [0, 0.05) is 30.4 Å². The van der Waals surface area contributed by atoms with Crippen molar-refractivity contribution in [2.45, 2.75) is 26.1 Å². The largest absolute Gasteiger partial charge is 0.416 e. The Morgan fingerprint density at radius 1 is 0.771 bits per heavy atom. The first-order chi connectivity index (χ1) is 16.5. The van der Waals surface area contributed by atoms with E-state index in [1.807, 2.05) is 31.2 Å². The Hall–Kier alpha value is -2.59. The van der Waals surface area contributed by atoms with Crippen LogP contribution in [0.5, 0.6) is 0 Å². The summed E-state index contributed by atoms with van der Waals surface area (Å²) < 4.78 is 36.7. The monoisotopic (exact) mass is 586 g/mol. The van der Waals surface area contributed by atoms with Crippen LogP contribution in [-0.2, 0) is 6.18 Å². The van der Waals surface area contributed by atoms with E-state index in [4.69, 9.17) is 23.2 Å². The molecule has 0 bridgehead atoms. The van der Waals surface area contributed by atoms with Gasteiger partial charge in [0.15, 0.2) is 0 Å². The molecule has 2 aromatic carbocycles. The molecule has 0 amide bonds. The Kier molecular flexibility index (Phi) is 11.0. The average molecular weight is 588 g/mol. The first-order valence-corrected chi connectivity index (χ1v) is 11.5. The van der Waals surface area contributed by atoms with E-state index in [2.05, 4.69) is 35.9 Å². The standard InChI is InChI=1S/C12H11ClN2O.C8H7F3.C4H2BrClN2/c1-8-3-2-4-9(5-8)11(16)10-6-14-12(13)15-7-10;1-6-3-2-4-7(5-6)8(9,10)11;5-3-1-7-4(6)8-2-3/h2-7,11,16H,1H3;2-5H,1H3;1-2H. The molecule has 1 unspecified atom stereocenters. The van der Waals surface area contributed by atoms with E-state index in [1.165, 1.54) is 18.5 Å².